The van der Waals surface area contributed by atoms with Gasteiger partial charge in [0, 0.05) is 29.9 Å². The monoisotopic (exact) mass is 246 g/mol. The van der Waals surface area contributed by atoms with Gasteiger partial charge in [-0.3, -0.25) is 4.98 Å². The third-order valence-corrected chi connectivity index (χ3v) is 3.78. The lowest BCUT2D eigenvalue weighted by Gasteiger charge is -2.09. The maximum Gasteiger partial charge on any atom is 0.0702 e. The number of rotatable bonds is 5. The smallest absolute Gasteiger partial charge is 0.0702 e. The first-order chi connectivity index (χ1) is 8.29. The summed E-state index contributed by atoms with van der Waals surface area (Å²) >= 11 is 1.88. The van der Waals surface area contributed by atoms with Crippen LogP contribution in [-0.4, -0.2) is 23.0 Å². The van der Waals surface area contributed by atoms with E-state index in [2.05, 4.69) is 41.7 Å². The van der Waals surface area contributed by atoms with Crippen molar-refractivity contribution in [2.45, 2.75) is 18.7 Å². The minimum atomic E-state index is 0.656. The standard InChI is InChI=1S/C14H18N2S/c1-11(17-2)8-15-9-12-7-13-5-3-4-6-14(13)16-10-12/h3-7,10-11,15H,8-9H2,1-2H3. The second kappa shape index (κ2) is 6.03. The number of nitrogens with zero attached hydrogens (tertiary/aromatic N) is 1. The third kappa shape index (κ3) is 3.45. The zero-order valence-electron chi connectivity index (χ0n) is 10.3. The van der Waals surface area contributed by atoms with Crippen molar-refractivity contribution in [2.24, 2.45) is 0 Å². The quantitative estimate of drug-likeness (QED) is 0.877. The molecule has 17 heavy (non-hydrogen) atoms. The van der Waals surface area contributed by atoms with Gasteiger partial charge in [-0.2, -0.15) is 11.8 Å². The number of aromatic nitrogens is 1. The fraction of sp³-hybridized carbons (Fsp3) is 0.357. The Morgan fingerprint density at radius 3 is 3.00 bits per heavy atom. The lowest BCUT2D eigenvalue weighted by atomic mass is 10.1. The van der Waals surface area contributed by atoms with E-state index in [-0.39, 0.29) is 0 Å². The Hall–Kier alpha value is -1.06. The van der Waals surface area contributed by atoms with Gasteiger partial charge in [0.15, 0.2) is 0 Å². The molecule has 2 nitrogen and oxygen atoms in total. The molecular weight excluding hydrogens is 228 g/mol. The predicted octanol–water partition coefficient (Wildman–Crippen LogP) is 3.08. The highest BCUT2D eigenvalue weighted by molar-refractivity contribution is 7.99. The first-order valence-corrected chi connectivity index (χ1v) is 7.15. The molecule has 1 heterocycles. The van der Waals surface area contributed by atoms with E-state index in [1.807, 2.05) is 30.1 Å². The van der Waals surface area contributed by atoms with Crippen molar-refractivity contribution in [2.75, 3.05) is 12.8 Å². The molecule has 0 bridgehead atoms. The van der Waals surface area contributed by atoms with Gasteiger partial charge in [0.2, 0.25) is 0 Å². The molecule has 2 rings (SSSR count). The molecule has 0 aliphatic rings. The Morgan fingerprint density at radius 2 is 2.18 bits per heavy atom. The lowest BCUT2D eigenvalue weighted by Crippen LogP contribution is -2.22. The van der Waals surface area contributed by atoms with Gasteiger partial charge in [-0.05, 0) is 24.0 Å². The van der Waals surface area contributed by atoms with Crippen molar-refractivity contribution in [1.29, 1.82) is 0 Å². The summed E-state index contributed by atoms with van der Waals surface area (Å²) in [6.07, 6.45) is 4.10. The average molecular weight is 246 g/mol. The Kier molecular flexibility index (Phi) is 4.40. The minimum Gasteiger partial charge on any atom is -0.312 e. The second-order valence-corrected chi connectivity index (χ2v) is 5.49. The SMILES string of the molecule is CSC(C)CNCc1cnc2ccccc2c1. The molecule has 0 spiro atoms. The van der Waals surface area contributed by atoms with Crippen LogP contribution >= 0.6 is 11.8 Å². The number of fused-ring (bicyclic) bond motifs is 1. The van der Waals surface area contributed by atoms with Gasteiger partial charge >= 0.3 is 0 Å². The topological polar surface area (TPSA) is 24.9 Å². The summed E-state index contributed by atoms with van der Waals surface area (Å²) in [4.78, 5) is 4.45. The van der Waals surface area contributed by atoms with Crippen LogP contribution in [0.15, 0.2) is 36.5 Å². The Labute approximate surface area is 107 Å². The summed E-state index contributed by atoms with van der Waals surface area (Å²) in [6, 6.07) is 10.4. The number of para-hydroxylation sites is 1. The van der Waals surface area contributed by atoms with Crippen molar-refractivity contribution >= 4 is 22.7 Å². The molecule has 0 fully saturated rings. The molecule has 90 valence electrons. The van der Waals surface area contributed by atoms with Gasteiger partial charge in [0.1, 0.15) is 0 Å². The van der Waals surface area contributed by atoms with E-state index in [1.54, 1.807) is 0 Å². The van der Waals surface area contributed by atoms with Crippen molar-refractivity contribution in [3.63, 3.8) is 0 Å². The highest BCUT2D eigenvalue weighted by Crippen LogP contribution is 2.12. The van der Waals surface area contributed by atoms with Gasteiger partial charge < -0.3 is 5.32 Å². The van der Waals surface area contributed by atoms with Crippen LogP contribution in [0.5, 0.6) is 0 Å². The largest absolute Gasteiger partial charge is 0.312 e. The van der Waals surface area contributed by atoms with Crippen LogP contribution in [0.1, 0.15) is 12.5 Å². The van der Waals surface area contributed by atoms with Crippen LogP contribution in [0.2, 0.25) is 0 Å². The van der Waals surface area contributed by atoms with Crippen molar-refractivity contribution in [3.8, 4) is 0 Å². The average Bonchev–Trinajstić information content (AvgIpc) is 2.38. The van der Waals surface area contributed by atoms with Crippen LogP contribution in [0.4, 0.5) is 0 Å². The minimum absolute atomic E-state index is 0.656. The number of benzene rings is 1. The van der Waals surface area contributed by atoms with Crippen LogP contribution in [0, 0.1) is 0 Å². The number of hydrogen-bond acceptors (Lipinski definition) is 3. The van der Waals surface area contributed by atoms with Gasteiger partial charge in [0.05, 0.1) is 5.52 Å². The van der Waals surface area contributed by atoms with Crippen LogP contribution < -0.4 is 5.32 Å². The van der Waals surface area contributed by atoms with E-state index in [1.165, 1.54) is 10.9 Å². The van der Waals surface area contributed by atoms with Gasteiger partial charge in [-0.15, -0.1) is 0 Å². The molecule has 1 N–H and O–H groups in total. The van der Waals surface area contributed by atoms with Gasteiger partial charge in [-0.25, -0.2) is 0 Å². The summed E-state index contributed by atoms with van der Waals surface area (Å²) < 4.78 is 0. The highest BCUT2D eigenvalue weighted by Gasteiger charge is 2.00. The molecule has 1 unspecified atom stereocenters. The van der Waals surface area contributed by atoms with E-state index in [9.17, 15) is 0 Å². The second-order valence-electron chi connectivity index (χ2n) is 4.21. The number of nitrogens with one attached hydrogen (secondary N) is 1. The van der Waals surface area contributed by atoms with Crippen LogP contribution in [0.25, 0.3) is 10.9 Å². The first kappa shape index (κ1) is 12.4. The maximum atomic E-state index is 4.45. The molecule has 0 amide bonds. The van der Waals surface area contributed by atoms with Gasteiger partial charge in [0.25, 0.3) is 0 Å². The zero-order valence-corrected chi connectivity index (χ0v) is 11.1. The Morgan fingerprint density at radius 1 is 1.35 bits per heavy atom. The molecule has 0 saturated carbocycles. The van der Waals surface area contributed by atoms with Crippen molar-refractivity contribution in [1.82, 2.24) is 10.3 Å². The van der Waals surface area contributed by atoms with Crippen LogP contribution in [-0.2, 0) is 6.54 Å². The maximum absolute atomic E-state index is 4.45. The normalized spacial score (nSPS) is 12.8. The molecule has 1 atom stereocenters. The molecule has 1 aromatic heterocycles. The summed E-state index contributed by atoms with van der Waals surface area (Å²) in [5.41, 5.74) is 2.31. The number of thioether (sulfide) groups is 1. The van der Waals surface area contributed by atoms with Gasteiger partial charge in [-0.1, -0.05) is 25.1 Å². The fourth-order valence-corrected chi connectivity index (χ4v) is 2.00. The molecule has 3 heteroatoms. The zero-order chi connectivity index (χ0) is 12.1. The van der Waals surface area contributed by atoms with Crippen molar-refractivity contribution in [3.05, 3.63) is 42.1 Å². The highest BCUT2D eigenvalue weighted by atomic mass is 32.2. The van der Waals surface area contributed by atoms with E-state index in [4.69, 9.17) is 0 Å². The van der Waals surface area contributed by atoms with E-state index in [0.717, 1.165) is 18.6 Å². The van der Waals surface area contributed by atoms with E-state index < -0.39 is 0 Å². The predicted molar refractivity (Wildman–Crippen MR) is 76.4 cm³/mol. The first-order valence-electron chi connectivity index (χ1n) is 5.87. The molecular formula is C14H18N2S. The molecule has 0 aliphatic carbocycles. The van der Waals surface area contributed by atoms with E-state index >= 15 is 0 Å². The lowest BCUT2D eigenvalue weighted by molar-refractivity contribution is 0.684. The molecule has 1 aromatic carbocycles. The molecule has 2 aromatic rings. The third-order valence-electron chi connectivity index (χ3n) is 2.81. The molecule has 0 saturated heterocycles. The molecule has 0 aliphatic heterocycles. The Bertz CT molecular complexity index is 484. The van der Waals surface area contributed by atoms with E-state index in [0.29, 0.717) is 5.25 Å². The Balaban J connectivity index is 1.99. The van der Waals surface area contributed by atoms with Crippen LogP contribution in [0.3, 0.4) is 0 Å². The summed E-state index contributed by atoms with van der Waals surface area (Å²) in [7, 11) is 0. The van der Waals surface area contributed by atoms with Crippen molar-refractivity contribution < 1.29 is 0 Å². The summed E-state index contributed by atoms with van der Waals surface area (Å²) in [5, 5.41) is 5.32. The molecule has 0 radical (unpaired) electrons. The fourth-order valence-electron chi connectivity index (χ4n) is 1.72. The summed E-state index contributed by atoms with van der Waals surface area (Å²) in [5.74, 6) is 0. The summed E-state index contributed by atoms with van der Waals surface area (Å²) in [6.45, 7) is 4.16. The number of hydrogen-bond donors (Lipinski definition) is 1. The number of pyridine rings is 1.